The first kappa shape index (κ1) is 8.91. The Morgan fingerprint density at radius 1 is 1.60 bits per heavy atom. The third-order valence-corrected chi connectivity index (χ3v) is 3.16. The Morgan fingerprint density at radius 2 is 2.53 bits per heavy atom. The molecule has 0 aromatic carbocycles. The number of ether oxygens (including phenoxy) is 1. The molecule has 1 atom stereocenters. The molecular weight excluding hydrogens is 194 g/mol. The molecule has 2 aliphatic heterocycles. The van der Waals surface area contributed by atoms with E-state index in [1.165, 1.54) is 0 Å². The lowest BCUT2D eigenvalue weighted by atomic mass is 10.0. The molecule has 3 rings (SSSR count). The average molecular weight is 207 g/mol. The van der Waals surface area contributed by atoms with Crippen molar-refractivity contribution >= 4 is 5.91 Å². The summed E-state index contributed by atoms with van der Waals surface area (Å²) in [6.45, 7) is 2.24. The van der Waals surface area contributed by atoms with Crippen molar-refractivity contribution in [3.8, 4) is 0 Å². The zero-order chi connectivity index (χ0) is 10.3. The van der Waals surface area contributed by atoms with Crippen molar-refractivity contribution < 1.29 is 9.53 Å². The largest absolute Gasteiger partial charge is 0.379 e. The van der Waals surface area contributed by atoms with Crippen LogP contribution in [0.1, 0.15) is 22.5 Å². The van der Waals surface area contributed by atoms with Crippen molar-refractivity contribution in [1.82, 2.24) is 15.1 Å². The minimum absolute atomic E-state index is 0.0734. The fraction of sp³-hybridized carbons (Fsp3) is 0.600. The van der Waals surface area contributed by atoms with Gasteiger partial charge in [-0.15, -0.1) is 0 Å². The van der Waals surface area contributed by atoms with Crippen molar-refractivity contribution in [3.63, 3.8) is 0 Å². The van der Waals surface area contributed by atoms with Gasteiger partial charge in [0, 0.05) is 18.7 Å². The first-order valence-corrected chi connectivity index (χ1v) is 5.27. The molecule has 0 saturated carbocycles. The highest BCUT2D eigenvalue weighted by atomic mass is 16.5. The maximum Gasteiger partial charge on any atom is 0.272 e. The van der Waals surface area contributed by atoms with E-state index in [4.69, 9.17) is 4.74 Å². The highest BCUT2D eigenvalue weighted by molar-refractivity contribution is 5.94. The number of fused-ring (bicyclic) bond motifs is 1. The Kier molecular flexibility index (Phi) is 1.98. The number of aromatic nitrogens is 2. The van der Waals surface area contributed by atoms with Crippen LogP contribution in [0.4, 0.5) is 0 Å². The van der Waals surface area contributed by atoms with Gasteiger partial charge < -0.3 is 9.64 Å². The van der Waals surface area contributed by atoms with Crippen LogP contribution in [0.2, 0.25) is 0 Å². The Morgan fingerprint density at radius 3 is 3.33 bits per heavy atom. The van der Waals surface area contributed by atoms with E-state index in [1.807, 2.05) is 4.90 Å². The molecule has 0 spiro atoms. The molecule has 0 bridgehead atoms. The lowest BCUT2D eigenvalue weighted by molar-refractivity contribution is 0.0629. The maximum atomic E-state index is 12.1. The Bertz CT molecular complexity index is 382. The van der Waals surface area contributed by atoms with Crippen LogP contribution in [0.5, 0.6) is 0 Å². The molecule has 15 heavy (non-hydrogen) atoms. The molecule has 1 N–H and O–H groups in total. The van der Waals surface area contributed by atoms with Crippen LogP contribution >= 0.6 is 0 Å². The summed E-state index contributed by atoms with van der Waals surface area (Å²) in [7, 11) is 0. The molecule has 0 unspecified atom stereocenters. The predicted molar refractivity (Wildman–Crippen MR) is 52.6 cm³/mol. The quantitative estimate of drug-likeness (QED) is 0.715. The molecule has 1 aromatic rings. The van der Waals surface area contributed by atoms with Gasteiger partial charge >= 0.3 is 0 Å². The third kappa shape index (κ3) is 1.34. The summed E-state index contributed by atoms with van der Waals surface area (Å²) in [4.78, 5) is 14.0. The van der Waals surface area contributed by atoms with Gasteiger partial charge in [-0.25, -0.2) is 0 Å². The van der Waals surface area contributed by atoms with E-state index >= 15 is 0 Å². The number of rotatable bonds is 1. The summed E-state index contributed by atoms with van der Waals surface area (Å²) in [5, 5.41) is 6.69. The first-order valence-electron chi connectivity index (χ1n) is 5.27. The fourth-order valence-electron chi connectivity index (χ4n) is 2.29. The Balaban J connectivity index is 1.86. The molecule has 1 amide bonds. The monoisotopic (exact) mass is 207 g/mol. The van der Waals surface area contributed by atoms with Gasteiger partial charge in [-0.05, 0) is 12.8 Å². The zero-order valence-corrected chi connectivity index (χ0v) is 8.40. The van der Waals surface area contributed by atoms with Gasteiger partial charge in [-0.3, -0.25) is 9.89 Å². The lowest BCUT2D eigenvalue weighted by Gasteiger charge is -2.30. The van der Waals surface area contributed by atoms with Crippen molar-refractivity contribution in [2.75, 3.05) is 19.8 Å². The van der Waals surface area contributed by atoms with Crippen LogP contribution in [-0.4, -0.2) is 46.8 Å². The van der Waals surface area contributed by atoms with Crippen molar-refractivity contribution in [2.45, 2.75) is 18.9 Å². The number of amides is 1. The minimum atomic E-state index is 0.0734. The standard InChI is InChI=1S/C10H13N3O2/c14-10-9-7(5-11-12-9)1-3-13(10)8-2-4-15-6-8/h5,8H,1-4,6H2,(H,11,12)/t8-/m0/s1. The van der Waals surface area contributed by atoms with Crippen molar-refractivity contribution in [3.05, 3.63) is 17.5 Å². The summed E-state index contributed by atoms with van der Waals surface area (Å²) < 4.78 is 5.31. The highest BCUT2D eigenvalue weighted by Crippen LogP contribution is 2.21. The molecule has 1 fully saturated rings. The average Bonchev–Trinajstić information content (AvgIpc) is 2.87. The fourth-order valence-corrected chi connectivity index (χ4v) is 2.29. The molecule has 2 aliphatic rings. The normalized spacial score (nSPS) is 25.7. The summed E-state index contributed by atoms with van der Waals surface area (Å²) in [5.74, 6) is 0.0734. The number of hydrogen-bond donors (Lipinski definition) is 1. The number of nitrogens with zero attached hydrogens (tertiary/aromatic N) is 2. The van der Waals surface area contributed by atoms with Crippen molar-refractivity contribution in [2.24, 2.45) is 0 Å². The van der Waals surface area contributed by atoms with Crippen LogP contribution < -0.4 is 0 Å². The minimum Gasteiger partial charge on any atom is -0.379 e. The SMILES string of the molecule is O=C1c2[nH]ncc2CCN1[C@H]1CCOC1. The molecule has 0 radical (unpaired) electrons. The molecule has 5 heteroatoms. The number of aromatic amines is 1. The first-order chi connectivity index (χ1) is 7.36. The van der Waals surface area contributed by atoms with Crippen LogP contribution in [0, 0.1) is 0 Å². The van der Waals surface area contributed by atoms with Gasteiger partial charge in [-0.1, -0.05) is 0 Å². The second-order valence-corrected chi connectivity index (χ2v) is 4.04. The van der Waals surface area contributed by atoms with Crippen LogP contribution in [0.25, 0.3) is 0 Å². The Hall–Kier alpha value is -1.36. The number of carbonyl (C=O) groups is 1. The smallest absolute Gasteiger partial charge is 0.272 e. The number of H-pyrrole nitrogens is 1. The predicted octanol–water partition coefficient (Wildman–Crippen LogP) is 0.197. The van der Waals surface area contributed by atoms with Gasteiger partial charge in [-0.2, -0.15) is 5.10 Å². The summed E-state index contributed by atoms with van der Waals surface area (Å²) in [6.07, 6.45) is 3.60. The number of hydrogen-bond acceptors (Lipinski definition) is 3. The molecule has 5 nitrogen and oxygen atoms in total. The number of nitrogens with one attached hydrogen (secondary N) is 1. The van der Waals surface area contributed by atoms with Crippen LogP contribution in [-0.2, 0) is 11.2 Å². The van der Waals surface area contributed by atoms with E-state index in [0.29, 0.717) is 12.3 Å². The molecule has 1 aromatic heterocycles. The van der Waals surface area contributed by atoms with E-state index < -0.39 is 0 Å². The van der Waals surface area contributed by atoms with E-state index in [0.717, 1.165) is 31.6 Å². The van der Waals surface area contributed by atoms with Gasteiger partial charge in [0.2, 0.25) is 0 Å². The van der Waals surface area contributed by atoms with E-state index in [9.17, 15) is 4.79 Å². The highest BCUT2D eigenvalue weighted by Gasteiger charge is 2.32. The Labute approximate surface area is 87.4 Å². The van der Waals surface area contributed by atoms with Crippen LogP contribution in [0.3, 0.4) is 0 Å². The molecule has 3 heterocycles. The molecule has 0 aliphatic carbocycles. The topological polar surface area (TPSA) is 58.2 Å². The lowest BCUT2D eigenvalue weighted by Crippen LogP contribution is -2.45. The summed E-state index contributed by atoms with van der Waals surface area (Å²) in [6, 6.07) is 0.258. The molecule has 1 saturated heterocycles. The summed E-state index contributed by atoms with van der Waals surface area (Å²) >= 11 is 0. The van der Waals surface area contributed by atoms with E-state index in [-0.39, 0.29) is 11.9 Å². The number of carbonyl (C=O) groups excluding carboxylic acids is 1. The van der Waals surface area contributed by atoms with E-state index in [1.54, 1.807) is 6.20 Å². The zero-order valence-electron chi connectivity index (χ0n) is 8.40. The van der Waals surface area contributed by atoms with E-state index in [2.05, 4.69) is 10.2 Å². The maximum absolute atomic E-state index is 12.1. The van der Waals surface area contributed by atoms with Gasteiger partial charge in [0.1, 0.15) is 5.69 Å². The van der Waals surface area contributed by atoms with Crippen LogP contribution in [0.15, 0.2) is 6.20 Å². The third-order valence-electron chi connectivity index (χ3n) is 3.16. The van der Waals surface area contributed by atoms with Gasteiger partial charge in [0.25, 0.3) is 5.91 Å². The second-order valence-electron chi connectivity index (χ2n) is 4.04. The van der Waals surface area contributed by atoms with Gasteiger partial charge in [0.15, 0.2) is 0 Å². The summed E-state index contributed by atoms with van der Waals surface area (Å²) in [5.41, 5.74) is 1.70. The second kappa shape index (κ2) is 3.34. The molecule has 80 valence electrons. The van der Waals surface area contributed by atoms with Crippen molar-refractivity contribution in [1.29, 1.82) is 0 Å². The molecular formula is C10H13N3O2. The van der Waals surface area contributed by atoms with Gasteiger partial charge in [0.05, 0.1) is 18.8 Å².